The highest BCUT2D eigenvalue weighted by Crippen LogP contribution is 2.20. The van der Waals surface area contributed by atoms with Gasteiger partial charge in [-0.3, -0.25) is 4.79 Å². The highest BCUT2D eigenvalue weighted by atomic mass is 19.1. The summed E-state index contributed by atoms with van der Waals surface area (Å²) >= 11 is 0. The van der Waals surface area contributed by atoms with E-state index in [9.17, 15) is 13.6 Å². The highest BCUT2D eigenvalue weighted by molar-refractivity contribution is 6.03. The fourth-order valence-electron chi connectivity index (χ4n) is 2.39. The molecule has 0 fully saturated rings. The molecule has 132 valence electrons. The normalized spacial score (nSPS) is 10.4. The van der Waals surface area contributed by atoms with Crippen LogP contribution in [0.1, 0.15) is 23.0 Å². The fraction of sp³-hybridized carbons (Fsp3) is 0.100. The van der Waals surface area contributed by atoms with E-state index in [2.05, 4.69) is 22.5 Å². The van der Waals surface area contributed by atoms with Crippen LogP contribution < -0.4 is 10.6 Å². The molecule has 1 amide bonds. The third kappa shape index (κ3) is 4.03. The summed E-state index contributed by atoms with van der Waals surface area (Å²) in [5.74, 6) is -2.37. The molecule has 1 aromatic heterocycles. The summed E-state index contributed by atoms with van der Waals surface area (Å²) in [4.78, 5) is 16.2. The molecule has 0 atom stereocenters. The van der Waals surface area contributed by atoms with Gasteiger partial charge in [0.15, 0.2) is 0 Å². The number of anilines is 3. The molecule has 0 radical (unpaired) electrons. The van der Waals surface area contributed by atoms with Crippen molar-refractivity contribution in [3.8, 4) is 0 Å². The first kappa shape index (κ1) is 17.5. The molecule has 0 aliphatic rings. The topological polar surface area (TPSA) is 54.0 Å². The number of pyridine rings is 1. The molecule has 1 heterocycles. The Bertz CT molecular complexity index is 889. The first-order valence-corrected chi connectivity index (χ1v) is 8.14. The number of halogens is 2. The minimum Gasteiger partial charge on any atom is -0.354 e. The number of hydrogen-bond acceptors (Lipinski definition) is 3. The molecule has 3 aromatic rings. The van der Waals surface area contributed by atoms with Gasteiger partial charge in [0.25, 0.3) is 5.91 Å². The molecular weight excluding hydrogens is 336 g/mol. The molecule has 0 saturated heterocycles. The van der Waals surface area contributed by atoms with Crippen LogP contribution in [0.4, 0.5) is 25.8 Å². The van der Waals surface area contributed by atoms with E-state index in [1.54, 1.807) is 6.07 Å². The average Bonchev–Trinajstić information content (AvgIpc) is 2.66. The zero-order valence-corrected chi connectivity index (χ0v) is 14.1. The van der Waals surface area contributed by atoms with Crippen molar-refractivity contribution in [3.05, 3.63) is 83.7 Å². The number of para-hydroxylation sites is 1. The van der Waals surface area contributed by atoms with Gasteiger partial charge in [0.1, 0.15) is 23.0 Å². The Morgan fingerprint density at radius 1 is 0.962 bits per heavy atom. The van der Waals surface area contributed by atoms with Crippen LogP contribution in [0.2, 0.25) is 0 Å². The van der Waals surface area contributed by atoms with E-state index in [1.807, 2.05) is 24.3 Å². The molecule has 2 N–H and O–H groups in total. The molecule has 26 heavy (non-hydrogen) atoms. The van der Waals surface area contributed by atoms with Gasteiger partial charge in [0, 0.05) is 5.69 Å². The van der Waals surface area contributed by atoms with Crippen molar-refractivity contribution in [3.63, 3.8) is 0 Å². The van der Waals surface area contributed by atoms with Crippen LogP contribution >= 0.6 is 0 Å². The fourth-order valence-corrected chi connectivity index (χ4v) is 2.39. The number of carbonyl (C=O) groups is 1. The largest absolute Gasteiger partial charge is 0.354 e. The number of rotatable bonds is 5. The summed E-state index contributed by atoms with van der Waals surface area (Å²) in [7, 11) is 0. The van der Waals surface area contributed by atoms with Gasteiger partial charge in [0.2, 0.25) is 0 Å². The second kappa shape index (κ2) is 7.74. The third-order valence-electron chi connectivity index (χ3n) is 3.85. The molecule has 0 aliphatic heterocycles. The SMILES string of the molecule is CCc1ccc(Nc2ccc(C(=O)Nc3c(F)cccc3F)nc2)cc1. The number of carbonyl (C=O) groups excluding carboxylic acids is 1. The van der Waals surface area contributed by atoms with Gasteiger partial charge in [-0.15, -0.1) is 0 Å². The minimum absolute atomic E-state index is 0.0551. The molecule has 0 saturated carbocycles. The molecule has 6 heteroatoms. The zero-order chi connectivity index (χ0) is 18.5. The van der Waals surface area contributed by atoms with Crippen LogP contribution in [-0.2, 0) is 6.42 Å². The van der Waals surface area contributed by atoms with Crippen molar-refractivity contribution >= 4 is 23.0 Å². The number of benzene rings is 2. The Morgan fingerprint density at radius 2 is 1.62 bits per heavy atom. The molecule has 0 aliphatic carbocycles. The number of nitrogens with zero attached hydrogens (tertiary/aromatic N) is 1. The summed E-state index contributed by atoms with van der Waals surface area (Å²) in [6.07, 6.45) is 2.45. The second-order valence-corrected chi connectivity index (χ2v) is 5.66. The molecule has 0 bridgehead atoms. The Labute approximate surface area is 149 Å². The van der Waals surface area contributed by atoms with Crippen molar-refractivity contribution in [2.75, 3.05) is 10.6 Å². The monoisotopic (exact) mass is 353 g/mol. The Balaban J connectivity index is 1.69. The van der Waals surface area contributed by atoms with E-state index in [1.165, 1.54) is 23.9 Å². The van der Waals surface area contributed by atoms with Gasteiger partial charge in [-0.05, 0) is 48.4 Å². The number of hydrogen-bond donors (Lipinski definition) is 2. The lowest BCUT2D eigenvalue weighted by Crippen LogP contribution is -2.15. The van der Waals surface area contributed by atoms with E-state index in [-0.39, 0.29) is 5.69 Å². The van der Waals surface area contributed by atoms with Gasteiger partial charge >= 0.3 is 0 Å². The summed E-state index contributed by atoms with van der Waals surface area (Å²) in [6, 6.07) is 14.5. The third-order valence-corrected chi connectivity index (χ3v) is 3.85. The Kier molecular flexibility index (Phi) is 5.22. The first-order valence-electron chi connectivity index (χ1n) is 8.14. The maximum atomic E-state index is 13.6. The van der Waals surface area contributed by atoms with Crippen LogP contribution in [0.25, 0.3) is 0 Å². The average molecular weight is 353 g/mol. The maximum absolute atomic E-state index is 13.6. The predicted octanol–water partition coefficient (Wildman–Crippen LogP) is 4.92. The van der Waals surface area contributed by atoms with Crippen LogP contribution in [-0.4, -0.2) is 10.9 Å². The summed E-state index contributed by atoms with van der Waals surface area (Å²) in [5, 5.41) is 5.38. The Hall–Kier alpha value is -3.28. The van der Waals surface area contributed by atoms with Gasteiger partial charge in [0.05, 0.1) is 11.9 Å². The summed E-state index contributed by atoms with van der Waals surface area (Å²) < 4.78 is 27.2. The number of aromatic nitrogens is 1. The lowest BCUT2D eigenvalue weighted by Gasteiger charge is -2.09. The molecule has 0 spiro atoms. The van der Waals surface area contributed by atoms with Crippen LogP contribution in [0, 0.1) is 11.6 Å². The van der Waals surface area contributed by atoms with E-state index in [4.69, 9.17) is 0 Å². The minimum atomic E-state index is -0.841. The van der Waals surface area contributed by atoms with Crippen molar-refractivity contribution in [1.29, 1.82) is 0 Å². The highest BCUT2D eigenvalue weighted by Gasteiger charge is 2.14. The van der Waals surface area contributed by atoms with E-state index >= 15 is 0 Å². The van der Waals surface area contributed by atoms with Gasteiger partial charge < -0.3 is 10.6 Å². The number of nitrogens with one attached hydrogen (secondary N) is 2. The number of amides is 1. The van der Waals surface area contributed by atoms with Crippen molar-refractivity contribution in [1.82, 2.24) is 4.98 Å². The van der Waals surface area contributed by atoms with E-state index < -0.39 is 23.2 Å². The second-order valence-electron chi connectivity index (χ2n) is 5.66. The molecule has 2 aromatic carbocycles. The predicted molar refractivity (Wildman–Crippen MR) is 97.7 cm³/mol. The smallest absolute Gasteiger partial charge is 0.274 e. The molecule has 0 unspecified atom stereocenters. The van der Waals surface area contributed by atoms with E-state index in [0.29, 0.717) is 5.69 Å². The molecule has 4 nitrogen and oxygen atoms in total. The molecule has 3 rings (SSSR count). The van der Waals surface area contributed by atoms with Gasteiger partial charge in [-0.2, -0.15) is 0 Å². The lowest BCUT2D eigenvalue weighted by molar-refractivity contribution is 0.102. The van der Waals surface area contributed by atoms with Crippen LogP contribution in [0.3, 0.4) is 0 Å². The first-order chi connectivity index (χ1) is 12.6. The van der Waals surface area contributed by atoms with Crippen molar-refractivity contribution in [2.24, 2.45) is 0 Å². The van der Waals surface area contributed by atoms with Crippen LogP contribution in [0.5, 0.6) is 0 Å². The Morgan fingerprint density at radius 3 is 2.19 bits per heavy atom. The number of aryl methyl sites for hydroxylation is 1. The quantitative estimate of drug-likeness (QED) is 0.685. The molecular formula is C20H17F2N3O. The maximum Gasteiger partial charge on any atom is 0.274 e. The summed E-state index contributed by atoms with van der Waals surface area (Å²) in [5.41, 5.74) is 2.40. The zero-order valence-electron chi connectivity index (χ0n) is 14.1. The lowest BCUT2D eigenvalue weighted by atomic mass is 10.1. The standard InChI is InChI=1S/C20H17F2N3O/c1-2-13-6-8-14(9-7-13)24-15-10-11-18(23-12-15)20(26)25-19-16(21)4-3-5-17(19)22/h3-12,24H,2H2,1H3,(H,25,26). The summed E-state index contributed by atoms with van der Waals surface area (Å²) in [6.45, 7) is 2.09. The van der Waals surface area contributed by atoms with E-state index in [0.717, 1.165) is 24.2 Å². The van der Waals surface area contributed by atoms with Crippen molar-refractivity contribution in [2.45, 2.75) is 13.3 Å². The van der Waals surface area contributed by atoms with Gasteiger partial charge in [-0.1, -0.05) is 25.1 Å². The van der Waals surface area contributed by atoms with Crippen LogP contribution in [0.15, 0.2) is 60.8 Å². The van der Waals surface area contributed by atoms with Crippen molar-refractivity contribution < 1.29 is 13.6 Å². The van der Waals surface area contributed by atoms with Gasteiger partial charge in [-0.25, -0.2) is 13.8 Å².